The van der Waals surface area contributed by atoms with Crippen LogP contribution in [0.2, 0.25) is 0 Å². The number of nitrogens with one attached hydrogen (secondary N) is 1. The van der Waals surface area contributed by atoms with E-state index in [4.69, 9.17) is 19.8 Å². The molecular weight excluding hydrogens is 1340 g/mol. The summed E-state index contributed by atoms with van der Waals surface area (Å²) >= 11 is 9.21. The first-order chi connectivity index (χ1) is 37.9. The molecule has 0 saturated carbocycles. The molecule has 0 unspecified atom stereocenters. The van der Waals surface area contributed by atoms with Crippen LogP contribution in [0, 0.1) is 3.57 Å². The molecule has 0 fully saturated rings. The Hall–Kier alpha value is -6.91. The topological polar surface area (TPSA) is 89.9 Å². The van der Waals surface area contributed by atoms with Crippen molar-refractivity contribution in [3.8, 4) is 44.5 Å². The molecule has 2 aliphatic rings. The summed E-state index contributed by atoms with van der Waals surface area (Å²) in [6, 6.07) is 86.5. The van der Waals surface area contributed by atoms with Crippen LogP contribution in [0.4, 0.5) is 28.4 Å². The van der Waals surface area contributed by atoms with E-state index in [1.54, 1.807) is 0 Å². The maximum atomic E-state index is 9.00. The van der Waals surface area contributed by atoms with Gasteiger partial charge in [-0.15, -0.1) is 0 Å². The molecule has 0 aromatic heterocycles. The van der Waals surface area contributed by atoms with Crippen molar-refractivity contribution in [2.24, 2.45) is 0 Å². The fourth-order valence-corrected chi connectivity index (χ4v) is 10.9. The van der Waals surface area contributed by atoms with Gasteiger partial charge in [0.15, 0.2) is 0 Å². The Labute approximate surface area is 522 Å². The quantitative estimate of drug-likeness (QED) is 0.109. The average molecular weight is 1400 g/mol. The first-order valence-corrected chi connectivity index (χ1v) is 28.5. The number of anilines is 5. The summed E-state index contributed by atoms with van der Waals surface area (Å²) in [6.07, 6.45) is 0. The molecule has 414 valence electrons. The summed E-state index contributed by atoms with van der Waals surface area (Å²) in [5.41, 5.74) is 21.6. The normalized spacial score (nSPS) is 12.0. The molecule has 10 aromatic rings. The number of halogens is 3. The number of hydrogen-bond donors (Lipinski definition) is 3. The first kappa shape index (κ1) is 63.3. The zero-order chi connectivity index (χ0) is 56.3. The van der Waals surface area contributed by atoms with Crippen molar-refractivity contribution >= 4 is 94.8 Å². The van der Waals surface area contributed by atoms with Gasteiger partial charge >= 0.3 is 0 Å². The van der Waals surface area contributed by atoms with Gasteiger partial charge in [-0.05, 0) is 186 Å². The Morgan fingerprint density at radius 2 is 0.728 bits per heavy atom. The minimum atomic E-state index is -0.833. The van der Waals surface area contributed by atoms with Crippen LogP contribution in [0.1, 0.15) is 71.2 Å². The van der Waals surface area contributed by atoms with Gasteiger partial charge in [-0.1, -0.05) is 213 Å². The predicted octanol–water partition coefficient (Wildman–Crippen LogP) is 21.2. The fraction of sp³-hybridized carbons (Fsp3) is 0.127. The Kier molecular flexibility index (Phi) is 22.4. The van der Waals surface area contributed by atoms with Crippen LogP contribution in [0.25, 0.3) is 44.5 Å². The van der Waals surface area contributed by atoms with Gasteiger partial charge in [0.2, 0.25) is 0 Å². The third-order valence-electron chi connectivity index (χ3n) is 13.8. The van der Waals surface area contributed by atoms with Crippen molar-refractivity contribution in [2.45, 2.75) is 59.8 Å². The zero-order valence-electron chi connectivity index (χ0n) is 45.2. The second kappa shape index (κ2) is 28.7. The number of carboxylic acid groups (broad SMARTS) is 2. The van der Waals surface area contributed by atoms with Crippen LogP contribution < -0.4 is 10.2 Å². The van der Waals surface area contributed by atoms with Crippen molar-refractivity contribution in [1.82, 2.24) is 0 Å². The predicted molar refractivity (Wildman–Crippen MR) is 351 cm³/mol. The van der Waals surface area contributed by atoms with Gasteiger partial charge in [-0.3, -0.25) is 9.59 Å². The molecule has 0 spiro atoms. The SMILES string of the molecule is Brc1ccc(I)cc1.C.CC(=O)O.CC(=O)O.CC1(C)c2ccccc2-c2ccc(N(c3ccc(Br)cc3)c3ccc(-c4ccccc4)cc3)cc21.CC1(C)c2ccccc2-c2ccc(Nc3ccc(-c4ccccc4)cc3)cc21.[Pd]. The van der Waals surface area contributed by atoms with Crippen molar-refractivity contribution in [2.75, 3.05) is 10.2 Å². The van der Waals surface area contributed by atoms with Crippen LogP contribution >= 0.6 is 54.5 Å². The van der Waals surface area contributed by atoms with E-state index in [1.807, 2.05) is 18.2 Å². The van der Waals surface area contributed by atoms with E-state index in [0.717, 1.165) is 45.5 Å². The summed E-state index contributed by atoms with van der Waals surface area (Å²) in [7, 11) is 0. The molecule has 0 atom stereocenters. The van der Waals surface area contributed by atoms with Gasteiger partial charge in [0.1, 0.15) is 0 Å². The Morgan fingerprint density at radius 3 is 1.17 bits per heavy atom. The second-order valence-electron chi connectivity index (χ2n) is 20.1. The molecule has 0 saturated heterocycles. The number of aliphatic carboxylic acids is 2. The Bertz CT molecular complexity index is 3650. The molecule has 81 heavy (non-hydrogen) atoms. The Morgan fingerprint density at radius 1 is 0.407 bits per heavy atom. The standard InChI is InChI=1S/C33H26BrN.C27H23N.C6H4BrI.2C2H4O2.CH4.Pd/c1-33(2)31-11-7-6-10-29(31)30-21-20-28(22-32(30)33)35(27-18-14-25(34)15-19-27)26-16-12-24(13-17-26)23-8-4-3-5-9-23;1-27(2)25-11-7-6-10-23(25)24-17-16-22(18-26(24)27)28-21-14-12-20(13-15-21)19-8-4-3-5-9-19;7-5-1-3-6(8)4-2-5;2*1-2(3)4;;/h3-22H,1-2H3;3-18,28H,1-2H3;1-4H;2*1H3,(H,3,4);1H4;. The van der Waals surface area contributed by atoms with E-state index in [2.05, 4.69) is 317 Å². The number of carboxylic acids is 2. The molecular formula is C71H65Br2IN2O4Pd. The maximum absolute atomic E-state index is 9.00. The van der Waals surface area contributed by atoms with E-state index in [9.17, 15) is 0 Å². The van der Waals surface area contributed by atoms with Crippen molar-refractivity contribution in [3.63, 3.8) is 0 Å². The van der Waals surface area contributed by atoms with Gasteiger partial charge in [0, 0.05) is 86.1 Å². The number of hydrogen-bond acceptors (Lipinski definition) is 4. The summed E-state index contributed by atoms with van der Waals surface area (Å²) in [6.45, 7) is 11.5. The minimum absolute atomic E-state index is 0. The Balaban J connectivity index is 0.000000204. The molecule has 2 aliphatic carbocycles. The number of nitrogens with zero attached hydrogens (tertiary/aromatic N) is 1. The third kappa shape index (κ3) is 15.8. The number of carbonyl (C=O) groups is 2. The third-order valence-corrected chi connectivity index (χ3v) is 15.6. The molecule has 6 nitrogen and oxygen atoms in total. The van der Waals surface area contributed by atoms with Gasteiger partial charge in [-0.2, -0.15) is 0 Å². The molecule has 0 bridgehead atoms. The van der Waals surface area contributed by atoms with Crippen LogP contribution in [0.3, 0.4) is 0 Å². The minimum Gasteiger partial charge on any atom is -0.481 e. The summed E-state index contributed by atoms with van der Waals surface area (Å²) < 4.78 is 3.48. The van der Waals surface area contributed by atoms with Crippen LogP contribution in [0.15, 0.2) is 252 Å². The summed E-state index contributed by atoms with van der Waals surface area (Å²) in [5, 5.41) is 18.4. The largest absolute Gasteiger partial charge is 0.481 e. The van der Waals surface area contributed by atoms with E-state index < -0.39 is 11.9 Å². The van der Waals surface area contributed by atoms with Gasteiger partial charge in [-0.25, -0.2) is 0 Å². The molecule has 0 heterocycles. The first-order valence-electron chi connectivity index (χ1n) is 25.8. The van der Waals surface area contributed by atoms with E-state index >= 15 is 0 Å². The molecule has 0 aliphatic heterocycles. The zero-order valence-corrected chi connectivity index (χ0v) is 52.1. The molecule has 0 amide bonds. The van der Waals surface area contributed by atoms with Crippen LogP contribution in [0.5, 0.6) is 0 Å². The molecule has 3 N–H and O–H groups in total. The summed E-state index contributed by atoms with van der Waals surface area (Å²) in [5.74, 6) is -1.67. The van der Waals surface area contributed by atoms with Gasteiger partial charge in [0.05, 0.1) is 0 Å². The second-order valence-corrected chi connectivity index (χ2v) is 23.2. The van der Waals surface area contributed by atoms with E-state index in [-0.39, 0.29) is 38.7 Å². The number of rotatable bonds is 7. The van der Waals surface area contributed by atoms with E-state index in [0.29, 0.717) is 0 Å². The molecule has 0 radical (unpaired) electrons. The maximum Gasteiger partial charge on any atom is 0.300 e. The van der Waals surface area contributed by atoms with Crippen LogP contribution in [-0.4, -0.2) is 22.2 Å². The van der Waals surface area contributed by atoms with Crippen molar-refractivity contribution in [3.05, 3.63) is 277 Å². The van der Waals surface area contributed by atoms with Gasteiger partial charge in [0.25, 0.3) is 11.9 Å². The molecule has 10 aromatic carbocycles. The van der Waals surface area contributed by atoms with Gasteiger partial charge < -0.3 is 20.4 Å². The smallest absolute Gasteiger partial charge is 0.300 e. The number of fused-ring (bicyclic) bond motifs is 6. The van der Waals surface area contributed by atoms with Crippen molar-refractivity contribution < 1.29 is 40.2 Å². The average Bonchev–Trinajstić information content (AvgIpc) is 4.09. The van der Waals surface area contributed by atoms with Crippen LogP contribution in [-0.2, 0) is 40.8 Å². The molecule has 10 heteroatoms. The monoisotopic (exact) mass is 1400 g/mol. The summed E-state index contributed by atoms with van der Waals surface area (Å²) in [4.78, 5) is 20.3. The fourth-order valence-electron chi connectivity index (χ4n) is 10.1. The number of benzene rings is 10. The molecule has 12 rings (SSSR count). The van der Waals surface area contributed by atoms with E-state index in [1.165, 1.54) is 76.0 Å². The van der Waals surface area contributed by atoms with Crippen molar-refractivity contribution in [1.29, 1.82) is 0 Å².